The Morgan fingerprint density at radius 2 is 1.94 bits per heavy atom. The van der Waals surface area contributed by atoms with Crippen molar-refractivity contribution in [1.82, 2.24) is 10.2 Å². The fourth-order valence-corrected chi connectivity index (χ4v) is 2.58. The summed E-state index contributed by atoms with van der Waals surface area (Å²) in [5.41, 5.74) is -0.423. The van der Waals surface area contributed by atoms with Crippen LogP contribution in [0, 0.1) is 0 Å². The van der Waals surface area contributed by atoms with Gasteiger partial charge in [-0.25, -0.2) is 4.79 Å². The summed E-state index contributed by atoms with van der Waals surface area (Å²) in [7, 11) is 1.92. The van der Waals surface area contributed by atoms with E-state index in [-0.39, 0.29) is 12.1 Å². The molecule has 0 bridgehead atoms. The first kappa shape index (κ1) is 15.3. The van der Waals surface area contributed by atoms with Gasteiger partial charge in [-0.3, -0.25) is 0 Å². The number of nitrogens with one attached hydrogen (secondary N) is 1. The Bertz CT molecular complexity index is 267. The van der Waals surface area contributed by atoms with Gasteiger partial charge in [-0.05, 0) is 47.6 Å². The zero-order chi connectivity index (χ0) is 13.8. The molecular formula is C14H28N2O2. The molecule has 0 radical (unpaired) electrons. The second kappa shape index (κ2) is 6.41. The van der Waals surface area contributed by atoms with Crippen LogP contribution in [0.25, 0.3) is 0 Å². The van der Waals surface area contributed by atoms with Crippen LogP contribution in [0.4, 0.5) is 4.79 Å². The summed E-state index contributed by atoms with van der Waals surface area (Å²) in [5.74, 6) is 0. The van der Waals surface area contributed by atoms with Gasteiger partial charge in [0.05, 0.1) is 0 Å². The molecule has 1 atom stereocenters. The van der Waals surface area contributed by atoms with Crippen molar-refractivity contribution < 1.29 is 9.53 Å². The predicted octanol–water partition coefficient (Wildman–Crippen LogP) is 2.77. The van der Waals surface area contributed by atoms with E-state index in [1.165, 1.54) is 12.8 Å². The fourth-order valence-electron chi connectivity index (χ4n) is 2.58. The summed E-state index contributed by atoms with van der Waals surface area (Å²) < 4.78 is 5.54. The summed E-state index contributed by atoms with van der Waals surface area (Å²) in [4.78, 5) is 14.3. The lowest BCUT2D eigenvalue weighted by Crippen LogP contribution is -2.50. The number of likely N-dealkylation sites (N-methyl/N-ethyl adjacent to an activating group) is 1. The molecule has 1 aliphatic rings. The van der Waals surface area contributed by atoms with Gasteiger partial charge in [-0.15, -0.1) is 0 Å². The summed E-state index contributed by atoms with van der Waals surface area (Å²) >= 11 is 0. The molecule has 106 valence electrons. The highest BCUT2D eigenvalue weighted by Crippen LogP contribution is 2.26. The van der Waals surface area contributed by atoms with Gasteiger partial charge >= 0.3 is 6.09 Å². The summed E-state index contributed by atoms with van der Waals surface area (Å²) in [6.45, 7) is 8.63. The van der Waals surface area contributed by atoms with E-state index < -0.39 is 5.60 Å². The Balaban J connectivity index is 2.72. The number of ether oxygens (including phenoxy) is 1. The third-order valence-electron chi connectivity index (χ3n) is 3.30. The minimum atomic E-state index is -0.423. The molecule has 4 heteroatoms. The first-order valence-corrected chi connectivity index (χ1v) is 7.01. The van der Waals surface area contributed by atoms with Crippen LogP contribution in [0.2, 0.25) is 0 Å². The van der Waals surface area contributed by atoms with Gasteiger partial charge < -0.3 is 15.0 Å². The van der Waals surface area contributed by atoms with Gasteiger partial charge in [0.1, 0.15) is 5.60 Å². The second-order valence-electron chi connectivity index (χ2n) is 6.23. The number of nitrogens with zero attached hydrogens (tertiary/aromatic N) is 1. The van der Waals surface area contributed by atoms with E-state index in [9.17, 15) is 4.79 Å². The summed E-state index contributed by atoms with van der Waals surface area (Å²) in [6.07, 6.45) is 4.48. The highest BCUT2D eigenvalue weighted by molar-refractivity contribution is 5.69. The van der Waals surface area contributed by atoms with Crippen LogP contribution in [-0.2, 0) is 4.74 Å². The van der Waals surface area contributed by atoms with Crippen LogP contribution in [0.1, 0.15) is 53.4 Å². The molecule has 0 aliphatic heterocycles. The van der Waals surface area contributed by atoms with Gasteiger partial charge in [0.2, 0.25) is 0 Å². The maximum Gasteiger partial charge on any atom is 0.410 e. The Kier molecular flexibility index (Phi) is 5.45. The van der Waals surface area contributed by atoms with Crippen molar-refractivity contribution in [3.05, 3.63) is 0 Å². The molecule has 0 aromatic heterocycles. The second-order valence-corrected chi connectivity index (χ2v) is 6.23. The van der Waals surface area contributed by atoms with Crippen molar-refractivity contribution in [2.45, 2.75) is 71.1 Å². The number of hydrogen-bond acceptors (Lipinski definition) is 3. The number of carbonyl (C=O) groups excluding carboxylic acids is 1. The van der Waals surface area contributed by atoms with E-state index in [1.807, 2.05) is 32.7 Å². The fraction of sp³-hybridized carbons (Fsp3) is 0.929. The van der Waals surface area contributed by atoms with Gasteiger partial charge in [0.15, 0.2) is 0 Å². The Morgan fingerprint density at radius 3 is 2.39 bits per heavy atom. The predicted molar refractivity (Wildman–Crippen MR) is 73.7 cm³/mol. The van der Waals surface area contributed by atoms with Gasteiger partial charge in [-0.2, -0.15) is 0 Å². The number of rotatable bonds is 4. The normalized spacial score (nSPS) is 18.7. The minimum Gasteiger partial charge on any atom is -0.444 e. The van der Waals surface area contributed by atoms with Crippen molar-refractivity contribution in [3.63, 3.8) is 0 Å². The standard InChI is InChI=1S/C14H28N2O2/c1-11(10-15-5)16(12-8-6-7-9-12)13(17)18-14(2,3)4/h11-12,15H,6-10H2,1-5H3. The quantitative estimate of drug-likeness (QED) is 0.841. The lowest BCUT2D eigenvalue weighted by atomic mass is 10.1. The molecule has 0 aromatic carbocycles. The van der Waals surface area contributed by atoms with E-state index in [0.29, 0.717) is 6.04 Å². The highest BCUT2D eigenvalue weighted by Gasteiger charge is 2.33. The molecule has 4 nitrogen and oxygen atoms in total. The third-order valence-corrected chi connectivity index (χ3v) is 3.30. The van der Waals surface area contributed by atoms with Gasteiger partial charge in [0, 0.05) is 18.6 Å². The number of hydrogen-bond donors (Lipinski definition) is 1. The van der Waals surface area contributed by atoms with E-state index in [4.69, 9.17) is 4.74 Å². The lowest BCUT2D eigenvalue weighted by molar-refractivity contribution is 0.00753. The SMILES string of the molecule is CNCC(C)N(C(=O)OC(C)(C)C)C1CCCC1. The minimum absolute atomic E-state index is 0.169. The van der Waals surface area contributed by atoms with Crippen LogP contribution in [0.5, 0.6) is 0 Å². The Morgan fingerprint density at radius 1 is 1.39 bits per heavy atom. The van der Waals surface area contributed by atoms with Crippen LogP contribution in [0.15, 0.2) is 0 Å². The van der Waals surface area contributed by atoms with Gasteiger partial charge in [0.25, 0.3) is 0 Å². The molecule has 0 spiro atoms. The lowest BCUT2D eigenvalue weighted by Gasteiger charge is -2.36. The number of amides is 1. The van der Waals surface area contributed by atoms with Crippen LogP contribution >= 0.6 is 0 Å². The average molecular weight is 256 g/mol. The highest BCUT2D eigenvalue weighted by atomic mass is 16.6. The summed E-state index contributed by atoms with van der Waals surface area (Å²) in [6, 6.07) is 0.524. The third kappa shape index (κ3) is 4.48. The van der Waals surface area contributed by atoms with Crippen LogP contribution in [0.3, 0.4) is 0 Å². The molecule has 0 saturated heterocycles. The smallest absolute Gasteiger partial charge is 0.410 e. The van der Waals surface area contributed by atoms with Crippen molar-refractivity contribution >= 4 is 6.09 Å². The molecule has 1 fully saturated rings. The van der Waals surface area contributed by atoms with Crippen molar-refractivity contribution in [1.29, 1.82) is 0 Å². The maximum atomic E-state index is 12.3. The van der Waals surface area contributed by atoms with E-state index in [0.717, 1.165) is 19.4 Å². The topological polar surface area (TPSA) is 41.6 Å². The molecule has 18 heavy (non-hydrogen) atoms. The largest absolute Gasteiger partial charge is 0.444 e. The first-order chi connectivity index (χ1) is 8.35. The Hall–Kier alpha value is -0.770. The molecule has 1 saturated carbocycles. The van der Waals surface area contributed by atoms with Crippen LogP contribution in [-0.4, -0.2) is 42.3 Å². The van der Waals surface area contributed by atoms with E-state index >= 15 is 0 Å². The zero-order valence-corrected chi connectivity index (χ0v) is 12.5. The number of carbonyl (C=O) groups is 1. The molecule has 1 amide bonds. The van der Waals surface area contributed by atoms with Crippen molar-refractivity contribution in [2.24, 2.45) is 0 Å². The molecule has 1 N–H and O–H groups in total. The molecule has 0 heterocycles. The van der Waals surface area contributed by atoms with E-state index in [2.05, 4.69) is 12.2 Å². The van der Waals surface area contributed by atoms with Crippen molar-refractivity contribution in [2.75, 3.05) is 13.6 Å². The summed E-state index contributed by atoms with van der Waals surface area (Å²) in [5, 5.41) is 3.14. The maximum absolute atomic E-state index is 12.3. The molecule has 1 rings (SSSR count). The molecule has 0 aromatic rings. The van der Waals surface area contributed by atoms with Crippen LogP contribution < -0.4 is 5.32 Å². The average Bonchev–Trinajstić information content (AvgIpc) is 2.68. The Labute approximate surface area is 111 Å². The molecule has 1 unspecified atom stereocenters. The zero-order valence-electron chi connectivity index (χ0n) is 12.5. The van der Waals surface area contributed by atoms with Gasteiger partial charge in [-0.1, -0.05) is 12.8 Å². The van der Waals surface area contributed by atoms with E-state index in [1.54, 1.807) is 0 Å². The molecule has 1 aliphatic carbocycles. The molecular weight excluding hydrogens is 228 g/mol. The monoisotopic (exact) mass is 256 g/mol. The van der Waals surface area contributed by atoms with Crippen molar-refractivity contribution in [3.8, 4) is 0 Å². The first-order valence-electron chi connectivity index (χ1n) is 7.01.